The summed E-state index contributed by atoms with van der Waals surface area (Å²) in [7, 11) is 0. The Morgan fingerprint density at radius 3 is 2.15 bits per heavy atom. The van der Waals surface area contributed by atoms with Crippen molar-refractivity contribution in [3.8, 4) is 0 Å². The molecule has 2 aromatic carbocycles. The van der Waals surface area contributed by atoms with Crippen LogP contribution in [0.25, 0.3) is 0 Å². The van der Waals surface area contributed by atoms with Crippen molar-refractivity contribution in [3.05, 3.63) is 70.8 Å². The van der Waals surface area contributed by atoms with Crippen molar-refractivity contribution in [3.63, 3.8) is 0 Å². The first-order valence-corrected chi connectivity index (χ1v) is 6.10. The molecule has 0 heterocycles. The van der Waals surface area contributed by atoms with Gasteiger partial charge in [-0.2, -0.15) is 0 Å². The van der Waals surface area contributed by atoms with Gasteiger partial charge in [0.05, 0.1) is 0 Å². The van der Waals surface area contributed by atoms with Gasteiger partial charge >= 0.3 is 0 Å². The second kappa shape index (κ2) is 6.05. The van der Waals surface area contributed by atoms with Gasteiger partial charge in [0.1, 0.15) is 11.6 Å². The van der Waals surface area contributed by atoms with Gasteiger partial charge in [-0.15, -0.1) is 0 Å². The summed E-state index contributed by atoms with van der Waals surface area (Å²) in [6.07, 6.45) is 0. The van der Waals surface area contributed by atoms with Crippen LogP contribution in [0.2, 0.25) is 0 Å². The molecule has 0 aliphatic rings. The zero-order chi connectivity index (χ0) is 14.7. The highest BCUT2D eigenvalue weighted by Gasteiger charge is 2.15. The van der Waals surface area contributed by atoms with Gasteiger partial charge in [0, 0.05) is 18.2 Å². The molecule has 1 N–H and O–H groups in total. The van der Waals surface area contributed by atoms with E-state index in [9.17, 15) is 17.6 Å². The summed E-state index contributed by atoms with van der Waals surface area (Å²) in [5, 5.41) is 2.87. The Balaban J connectivity index is 2.08. The van der Waals surface area contributed by atoms with Crippen LogP contribution in [0.15, 0.2) is 36.4 Å². The molecule has 0 saturated carbocycles. The number of hydrogen-bond acceptors (Lipinski definition) is 1. The molecule has 0 saturated heterocycles. The summed E-state index contributed by atoms with van der Waals surface area (Å²) in [5.41, 5.74) is 0.419. The molecule has 2 rings (SSSR count). The minimum absolute atomic E-state index is 0.0740. The maximum Gasteiger partial charge on any atom is 0.159 e. The first-order chi connectivity index (χ1) is 9.49. The third-order valence-electron chi connectivity index (χ3n) is 3.03. The Hall–Kier alpha value is -1.88. The highest BCUT2D eigenvalue weighted by molar-refractivity contribution is 5.23. The molecule has 0 radical (unpaired) electrons. The number of nitrogens with one attached hydrogen (secondary N) is 1. The Morgan fingerprint density at radius 1 is 0.900 bits per heavy atom. The molecular formula is C15H13F4N. The van der Waals surface area contributed by atoms with E-state index in [-0.39, 0.29) is 12.1 Å². The first-order valence-electron chi connectivity index (χ1n) is 6.10. The van der Waals surface area contributed by atoms with Crippen molar-refractivity contribution in [2.24, 2.45) is 0 Å². The molecule has 0 aromatic heterocycles. The van der Waals surface area contributed by atoms with Crippen LogP contribution in [-0.4, -0.2) is 0 Å². The number of benzene rings is 2. The molecule has 0 bridgehead atoms. The fourth-order valence-corrected chi connectivity index (χ4v) is 1.95. The number of rotatable bonds is 4. The Bertz CT molecular complexity index is 593. The van der Waals surface area contributed by atoms with Crippen LogP contribution in [0.3, 0.4) is 0 Å². The summed E-state index contributed by atoms with van der Waals surface area (Å²) >= 11 is 0. The molecule has 0 fully saturated rings. The van der Waals surface area contributed by atoms with Crippen LogP contribution in [0.5, 0.6) is 0 Å². The monoisotopic (exact) mass is 283 g/mol. The number of hydrogen-bond donors (Lipinski definition) is 1. The molecule has 0 aliphatic heterocycles. The lowest BCUT2D eigenvalue weighted by molar-refractivity contribution is 0.483. The fourth-order valence-electron chi connectivity index (χ4n) is 1.95. The van der Waals surface area contributed by atoms with Crippen molar-refractivity contribution < 1.29 is 17.6 Å². The van der Waals surface area contributed by atoms with Crippen molar-refractivity contribution in [2.45, 2.75) is 19.5 Å². The van der Waals surface area contributed by atoms with E-state index in [4.69, 9.17) is 0 Å². The molecular weight excluding hydrogens is 270 g/mol. The molecule has 106 valence electrons. The van der Waals surface area contributed by atoms with Crippen LogP contribution < -0.4 is 5.32 Å². The fraction of sp³-hybridized carbons (Fsp3) is 0.200. The minimum Gasteiger partial charge on any atom is -0.306 e. The lowest BCUT2D eigenvalue weighted by atomic mass is 10.1. The van der Waals surface area contributed by atoms with Gasteiger partial charge in [-0.3, -0.25) is 0 Å². The van der Waals surface area contributed by atoms with E-state index in [1.807, 2.05) is 0 Å². The Kier molecular flexibility index (Phi) is 4.39. The highest BCUT2D eigenvalue weighted by Crippen LogP contribution is 2.20. The maximum atomic E-state index is 13.6. The van der Waals surface area contributed by atoms with E-state index in [0.29, 0.717) is 5.56 Å². The van der Waals surface area contributed by atoms with Gasteiger partial charge in [0.25, 0.3) is 0 Å². The predicted octanol–water partition coefficient (Wildman–Crippen LogP) is 4.09. The average molecular weight is 283 g/mol. The summed E-state index contributed by atoms with van der Waals surface area (Å²) in [6, 6.07) is 6.52. The largest absolute Gasteiger partial charge is 0.306 e. The standard InChI is InChI=1S/C15H13F4N/c1-9(15-12(17)3-2-4-13(15)18)20-8-10-5-6-11(16)14(19)7-10/h2-7,9,20H,8H2,1H3. The van der Waals surface area contributed by atoms with Gasteiger partial charge in [-0.05, 0) is 36.8 Å². The van der Waals surface area contributed by atoms with Gasteiger partial charge in [-0.1, -0.05) is 12.1 Å². The molecule has 0 spiro atoms. The second-order valence-corrected chi connectivity index (χ2v) is 4.49. The number of halogens is 4. The molecule has 1 atom stereocenters. The topological polar surface area (TPSA) is 12.0 Å². The molecule has 1 unspecified atom stereocenters. The van der Waals surface area contributed by atoms with Crippen LogP contribution in [-0.2, 0) is 6.54 Å². The van der Waals surface area contributed by atoms with Crippen molar-refractivity contribution in [1.29, 1.82) is 0 Å². The van der Waals surface area contributed by atoms with E-state index in [1.165, 1.54) is 24.3 Å². The van der Waals surface area contributed by atoms with Crippen LogP contribution >= 0.6 is 0 Å². The smallest absolute Gasteiger partial charge is 0.159 e. The summed E-state index contributed by atoms with van der Waals surface area (Å²) in [6.45, 7) is 1.77. The predicted molar refractivity (Wildman–Crippen MR) is 68.0 cm³/mol. The summed E-state index contributed by atoms with van der Waals surface area (Å²) in [5.74, 6) is -3.17. The lowest BCUT2D eigenvalue weighted by Gasteiger charge is -2.16. The normalized spacial score (nSPS) is 12.4. The zero-order valence-electron chi connectivity index (χ0n) is 10.8. The maximum absolute atomic E-state index is 13.6. The molecule has 2 aromatic rings. The van der Waals surface area contributed by atoms with E-state index >= 15 is 0 Å². The SMILES string of the molecule is CC(NCc1ccc(F)c(F)c1)c1c(F)cccc1F. The summed E-state index contributed by atoms with van der Waals surface area (Å²) < 4.78 is 52.9. The third-order valence-corrected chi connectivity index (χ3v) is 3.03. The second-order valence-electron chi connectivity index (χ2n) is 4.49. The van der Waals surface area contributed by atoms with E-state index < -0.39 is 29.3 Å². The van der Waals surface area contributed by atoms with Gasteiger partial charge in [0.15, 0.2) is 11.6 Å². The average Bonchev–Trinajstić information content (AvgIpc) is 2.40. The van der Waals surface area contributed by atoms with Crippen molar-refractivity contribution in [1.82, 2.24) is 5.32 Å². The molecule has 20 heavy (non-hydrogen) atoms. The van der Waals surface area contributed by atoms with E-state index in [1.54, 1.807) is 6.92 Å². The lowest BCUT2D eigenvalue weighted by Crippen LogP contribution is -2.20. The van der Waals surface area contributed by atoms with Crippen LogP contribution in [0, 0.1) is 23.3 Å². The molecule has 1 nitrogen and oxygen atoms in total. The van der Waals surface area contributed by atoms with Gasteiger partial charge < -0.3 is 5.32 Å². The molecule has 0 aliphatic carbocycles. The highest BCUT2D eigenvalue weighted by atomic mass is 19.2. The molecule has 5 heteroatoms. The van der Waals surface area contributed by atoms with Crippen molar-refractivity contribution in [2.75, 3.05) is 0 Å². The van der Waals surface area contributed by atoms with Crippen LogP contribution in [0.1, 0.15) is 24.1 Å². The third kappa shape index (κ3) is 3.17. The quantitative estimate of drug-likeness (QED) is 0.833. The first kappa shape index (κ1) is 14.5. The van der Waals surface area contributed by atoms with E-state index in [0.717, 1.165) is 12.1 Å². The van der Waals surface area contributed by atoms with Gasteiger partial charge in [0.2, 0.25) is 0 Å². The van der Waals surface area contributed by atoms with Crippen molar-refractivity contribution >= 4 is 0 Å². The zero-order valence-corrected chi connectivity index (χ0v) is 10.8. The van der Waals surface area contributed by atoms with Gasteiger partial charge in [-0.25, -0.2) is 17.6 Å². The van der Waals surface area contributed by atoms with E-state index in [2.05, 4.69) is 5.32 Å². The minimum atomic E-state index is -0.950. The Labute approximate surface area is 114 Å². The Morgan fingerprint density at radius 2 is 1.55 bits per heavy atom. The molecule has 0 amide bonds. The van der Waals surface area contributed by atoms with Crippen LogP contribution in [0.4, 0.5) is 17.6 Å². The summed E-state index contributed by atoms with van der Waals surface area (Å²) in [4.78, 5) is 0.